The van der Waals surface area contributed by atoms with Crippen molar-refractivity contribution in [1.82, 2.24) is 15.3 Å². The number of methoxy groups -OCH3 is 1. The first kappa shape index (κ1) is 24.4. The van der Waals surface area contributed by atoms with E-state index in [0.29, 0.717) is 27.9 Å². The molecule has 0 atom stereocenters. The molecular weight excluding hydrogens is 462 g/mol. The summed E-state index contributed by atoms with van der Waals surface area (Å²) in [6.07, 6.45) is 5.64. The van der Waals surface area contributed by atoms with Gasteiger partial charge in [-0.1, -0.05) is 55.3 Å². The van der Waals surface area contributed by atoms with Crippen LogP contribution in [0.1, 0.15) is 43.2 Å². The van der Waals surface area contributed by atoms with Crippen molar-refractivity contribution in [3.05, 3.63) is 70.0 Å². The van der Waals surface area contributed by atoms with Crippen LogP contribution in [0, 0.1) is 11.3 Å². The van der Waals surface area contributed by atoms with Crippen LogP contribution in [0.4, 0.5) is 10.5 Å². The van der Waals surface area contributed by atoms with E-state index in [-0.39, 0.29) is 17.6 Å². The Balaban J connectivity index is 1.41. The Morgan fingerprint density at radius 3 is 2.69 bits per heavy atom. The van der Waals surface area contributed by atoms with E-state index in [0.717, 1.165) is 36.9 Å². The molecule has 180 valence electrons. The van der Waals surface area contributed by atoms with Crippen LogP contribution in [0.25, 0.3) is 11.3 Å². The Bertz CT molecular complexity index is 1280. The lowest BCUT2D eigenvalue weighted by molar-refractivity contribution is 0.244. The summed E-state index contributed by atoms with van der Waals surface area (Å²) >= 11 is 1.36. The highest BCUT2D eigenvalue weighted by Crippen LogP contribution is 2.27. The minimum Gasteiger partial charge on any atom is -0.497 e. The Morgan fingerprint density at radius 1 is 1.20 bits per heavy atom. The molecule has 1 aliphatic carbocycles. The zero-order valence-electron chi connectivity index (χ0n) is 19.5. The Hall–Kier alpha value is -3.77. The van der Waals surface area contributed by atoms with Crippen LogP contribution in [0.2, 0.25) is 0 Å². The number of anilines is 1. The molecule has 0 radical (unpaired) electrons. The molecule has 8 nitrogen and oxygen atoms in total. The first-order valence-corrected chi connectivity index (χ1v) is 12.5. The second-order valence-electron chi connectivity index (χ2n) is 8.36. The van der Waals surface area contributed by atoms with E-state index in [1.165, 1.54) is 18.2 Å². The fourth-order valence-electron chi connectivity index (χ4n) is 4.04. The zero-order valence-corrected chi connectivity index (χ0v) is 20.3. The highest BCUT2D eigenvalue weighted by Gasteiger charge is 2.16. The quantitative estimate of drug-likeness (QED) is 0.315. The number of urea groups is 1. The monoisotopic (exact) mass is 489 g/mol. The topological polar surface area (TPSA) is 120 Å². The van der Waals surface area contributed by atoms with Crippen molar-refractivity contribution in [3.8, 4) is 23.1 Å². The van der Waals surface area contributed by atoms with E-state index in [1.54, 1.807) is 31.4 Å². The number of H-pyrrole nitrogens is 1. The van der Waals surface area contributed by atoms with E-state index in [4.69, 9.17) is 4.74 Å². The minimum atomic E-state index is -0.480. The van der Waals surface area contributed by atoms with E-state index in [1.807, 2.05) is 30.3 Å². The fourth-order valence-corrected chi connectivity index (χ4v) is 4.86. The highest BCUT2D eigenvalue weighted by molar-refractivity contribution is 7.98. The number of hydrogen-bond donors (Lipinski definition) is 3. The molecular formula is C26H27N5O3S. The average Bonchev–Trinajstić information content (AvgIpc) is 2.88. The molecule has 0 saturated heterocycles. The average molecular weight is 490 g/mol. The van der Waals surface area contributed by atoms with Crippen molar-refractivity contribution in [3.63, 3.8) is 0 Å². The van der Waals surface area contributed by atoms with Crippen molar-refractivity contribution in [1.29, 1.82) is 5.26 Å². The molecule has 1 aromatic heterocycles. The maximum Gasteiger partial charge on any atom is 0.319 e. The summed E-state index contributed by atoms with van der Waals surface area (Å²) in [5.74, 6) is 1.17. The van der Waals surface area contributed by atoms with Gasteiger partial charge >= 0.3 is 6.03 Å². The predicted molar refractivity (Wildman–Crippen MR) is 137 cm³/mol. The van der Waals surface area contributed by atoms with Gasteiger partial charge < -0.3 is 20.4 Å². The predicted octanol–water partition coefficient (Wildman–Crippen LogP) is 5.06. The Labute approximate surface area is 208 Å². The smallest absolute Gasteiger partial charge is 0.319 e. The zero-order chi connectivity index (χ0) is 24.6. The number of carbonyl (C=O) groups is 1. The summed E-state index contributed by atoms with van der Waals surface area (Å²) in [6.45, 7) is 0. The maximum atomic E-state index is 12.5. The summed E-state index contributed by atoms with van der Waals surface area (Å²) in [6, 6.07) is 16.7. The number of rotatable bonds is 7. The molecule has 0 bridgehead atoms. The molecule has 1 saturated carbocycles. The largest absolute Gasteiger partial charge is 0.497 e. The second kappa shape index (κ2) is 11.6. The third-order valence-electron chi connectivity index (χ3n) is 5.88. The van der Waals surface area contributed by atoms with Crippen LogP contribution < -0.4 is 20.9 Å². The van der Waals surface area contributed by atoms with Crippen LogP contribution >= 0.6 is 11.8 Å². The maximum absolute atomic E-state index is 12.5. The Kier molecular flexibility index (Phi) is 8.06. The van der Waals surface area contributed by atoms with Crippen LogP contribution in [-0.2, 0) is 5.75 Å². The SMILES string of the molecule is COc1cccc(-c2nc(SCc3ccc(NC(=O)NC4CCCCC4)cc3)[nH]c(=O)c2C#N)c1. The first-order chi connectivity index (χ1) is 17.1. The molecule has 1 aliphatic rings. The van der Waals surface area contributed by atoms with Gasteiger partial charge in [-0.05, 0) is 42.7 Å². The van der Waals surface area contributed by atoms with Gasteiger partial charge in [0, 0.05) is 23.0 Å². The van der Waals surface area contributed by atoms with Crippen LogP contribution in [0.15, 0.2) is 58.5 Å². The van der Waals surface area contributed by atoms with Gasteiger partial charge in [0.2, 0.25) is 0 Å². The molecule has 4 rings (SSSR count). The number of nitriles is 1. The lowest BCUT2D eigenvalue weighted by atomic mass is 9.96. The van der Waals surface area contributed by atoms with Crippen LogP contribution in [-0.4, -0.2) is 29.2 Å². The molecule has 2 amide bonds. The van der Waals surface area contributed by atoms with Gasteiger partial charge in [-0.15, -0.1) is 0 Å². The van der Waals surface area contributed by atoms with Crippen molar-refractivity contribution in [2.24, 2.45) is 0 Å². The van der Waals surface area contributed by atoms with Crippen LogP contribution in [0.5, 0.6) is 5.75 Å². The number of nitrogens with zero attached hydrogens (tertiary/aromatic N) is 2. The molecule has 1 heterocycles. The summed E-state index contributed by atoms with van der Waals surface area (Å²) in [7, 11) is 1.56. The molecule has 2 aromatic carbocycles. The Morgan fingerprint density at radius 2 is 1.97 bits per heavy atom. The summed E-state index contributed by atoms with van der Waals surface area (Å²) in [4.78, 5) is 32.0. The van der Waals surface area contributed by atoms with Gasteiger partial charge in [0.1, 0.15) is 17.4 Å². The van der Waals surface area contributed by atoms with Crippen molar-refractivity contribution in [2.75, 3.05) is 12.4 Å². The van der Waals surface area contributed by atoms with Crippen molar-refractivity contribution in [2.45, 2.75) is 49.1 Å². The van der Waals surface area contributed by atoms with Gasteiger partial charge in [-0.25, -0.2) is 9.78 Å². The number of ether oxygens (including phenoxy) is 1. The molecule has 3 N–H and O–H groups in total. The van der Waals surface area contributed by atoms with Gasteiger partial charge in [-0.2, -0.15) is 5.26 Å². The molecule has 1 fully saturated rings. The van der Waals surface area contributed by atoms with Crippen molar-refractivity contribution < 1.29 is 9.53 Å². The molecule has 35 heavy (non-hydrogen) atoms. The number of carbonyl (C=O) groups excluding carboxylic acids is 1. The van der Waals surface area contributed by atoms with Gasteiger partial charge in [0.25, 0.3) is 5.56 Å². The second-order valence-corrected chi connectivity index (χ2v) is 9.32. The lowest BCUT2D eigenvalue weighted by Crippen LogP contribution is -2.38. The fraction of sp³-hybridized carbons (Fsp3) is 0.308. The molecule has 9 heteroatoms. The number of amides is 2. The van der Waals surface area contributed by atoms with Gasteiger partial charge in [0.15, 0.2) is 5.16 Å². The van der Waals surface area contributed by atoms with Crippen LogP contribution in [0.3, 0.4) is 0 Å². The van der Waals surface area contributed by atoms with E-state index >= 15 is 0 Å². The number of aromatic amines is 1. The normalized spacial score (nSPS) is 13.6. The van der Waals surface area contributed by atoms with E-state index in [2.05, 4.69) is 20.6 Å². The van der Waals surface area contributed by atoms with Crippen molar-refractivity contribution >= 4 is 23.5 Å². The molecule has 0 unspecified atom stereocenters. The number of hydrogen-bond acceptors (Lipinski definition) is 6. The highest BCUT2D eigenvalue weighted by atomic mass is 32.2. The van der Waals surface area contributed by atoms with E-state index < -0.39 is 5.56 Å². The molecule has 0 spiro atoms. The summed E-state index contributed by atoms with van der Waals surface area (Å²) in [5.41, 5.74) is 2.16. The summed E-state index contributed by atoms with van der Waals surface area (Å²) in [5, 5.41) is 15.8. The molecule has 3 aromatic rings. The molecule has 0 aliphatic heterocycles. The number of aromatic nitrogens is 2. The third kappa shape index (κ3) is 6.43. The van der Waals surface area contributed by atoms with Gasteiger partial charge in [-0.3, -0.25) is 4.79 Å². The minimum absolute atomic E-state index is 0.0375. The lowest BCUT2D eigenvalue weighted by Gasteiger charge is -2.22. The number of thioether (sulfide) groups is 1. The first-order valence-electron chi connectivity index (χ1n) is 11.5. The third-order valence-corrected chi connectivity index (χ3v) is 6.82. The standard InChI is InChI=1S/C26H27N5O3S/c1-34-21-9-5-6-18(14-21)23-22(15-27)24(32)31-26(30-23)35-16-17-10-12-20(13-11-17)29-25(33)28-19-7-3-2-4-8-19/h5-6,9-14,19H,2-4,7-8,16H2,1H3,(H2,28,29,33)(H,30,31,32). The van der Waals surface area contributed by atoms with Gasteiger partial charge in [0.05, 0.1) is 12.8 Å². The number of benzene rings is 2. The number of nitrogens with one attached hydrogen (secondary N) is 3. The summed E-state index contributed by atoms with van der Waals surface area (Å²) < 4.78 is 5.26. The van der Waals surface area contributed by atoms with E-state index in [9.17, 15) is 14.9 Å².